The second kappa shape index (κ2) is 16.9. The number of ether oxygens (including phenoxy) is 3. The number of hydrogen-bond acceptors (Lipinski definition) is 4. The minimum Gasteiger partial charge on any atom is -0.493 e. The molecule has 1 aromatic carbocycles. The zero-order valence-electron chi connectivity index (χ0n) is 17.2. The minimum atomic E-state index is 0. The zero-order chi connectivity index (χ0) is 19.0. The summed E-state index contributed by atoms with van der Waals surface area (Å²) >= 11 is 0. The predicted octanol–water partition coefficient (Wildman–Crippen LogP) is 3.63. The summed E-state index contributed by atoms with van der Waals surface area (Å²) in [5.74, 6) is 2.36. The summed E-state index contributed by atoms with van der Waals surface area (Å²) in [6, 6.07) is 6.00. The average molecular weight is 493 g/mol. The van der Waals surface area contributed by atoms with Gasteiger partial charge in [-0.25, -0.2) is 0 Å². The molecule has 156 valence electrons. The van der Waals surface area contributed by atoms with Crippen molar-refractivity contribution >= 4 is 29.9 Å². The number of nitrogens with one attached hydrogen (secondary N) is 2. The molecule has 0 fully saturated rings. The molecule has 0 aliphatic heterocycles. The van der Waals surface area contributed by atoms with Gasteiger partial charge in [0.2, 0.25) is 0 Å². The molecule has 7 heteroatoms. The predicted molar refractivity (Wildman–Crippen MR) is 123 cm³/mol. The van der Waals surface area contributed by atoms with Gasteiger partial charge in [-0.15, -0.1) is 24.0 Å². The zero-order valence-corrected chi connectivity index (χ0v) is 19.5. The molecule has 0 spiro atoms. The molecule has 0 aliphatic carbocycles. The fourth-order valence-corrected chi connectivity index (χ4v) is 2.41. The highest BCUT2D eigenvalue weighted by Gasteiger charge is 2.05. The van der Waals surface area contributed by atoms with Crippen molar-refractivity contribution in [2.45, 2.75) is 39.5 Å². The van der Waals surface area contributed by atoms with E-state index in [-0.39, 0.29) is 24.0 Å². The van der Waals surface area contributed by atoms with Gasteiger partial charge >= 0.3 is 0 Å². The van der Waals surface area contributed by atoms with Gasteiger partial charge < -0.3 is 24.8 Å². The molecule has 1 aromatic rings. The summed E-state index contributed by atoms with van der Waals surface area (Å²) < 4.78 is 16.2. The second-order valence-electron chi connectivity index (χ2n) is 5.95. The second-order valence-corrected chi connectivity index (χ2v) is 5.95. The summed E-state index contributed by atoms with van der Waals surface area (Å²) in [5.41, 5.74) is 1.19. The number of guanidine groups is 1. The first kappa shape index (κ1) is 25.8. The molecule has 1 rings (SSSR count). The SMILES string of the molecule is CCCCOCCCN=C(NCC)NCCc1ccc(OC)c(OC)c1.I. The Morgan fingerprint density at radius 1 is 1.00 bits per heavy atom. The van der Waals surface area contributed by atoms with Crippen LogP contribution in [0.2, 0.25) is 0 Å². The van der Waals surface area contributed by atoms with Gasteiger partial charge in [0, 0.05) is 32.8 Å². The molecule has 0 amide bonds. The lowest BCUT2D eigenvalue weighted by Crippen LogP contribution is -2.38. The smallest absolute Gasteiger partial charge is 0.191 e. The normalized spacial score (nSPS) is 10.9. The van der Waals surface area contributed by atoms with Gasteiger partial charge in [-0.05, 0) is 43.9 Å². The Balaban J connectivity index is 0.00000676. The third-order valence-electron chi connectivity index (χ3n) is 3.86. The Kier molecular flexibility index (Phi) is 16.2. The Morgan fingerprint density at radius 2 is 1.74 bits per heavy atom. The third kappa shape index (κ3) is 11.3. The van der Waals surface area contributed by atoms with Crippen molar-refractivity contribution in [1.29, 1.82) is 0 Å². The molecule has 0 aromatic heterocycles. The van der Waals surface area contributed by atoms with E-state index in [4.69, 9.17) is 14.2 Å². The van der Waals surface area contributed by atoms with Gasteiger partial charge in [-0.3, -0.25) is 4.99 Å². The van der Waals surface area contributed by atoms with Crippen LogP contribution in [0.3, 0.4) is 0 Å². The van der Waals surface area contributed by atoms with Gasteiger partial charge in [-0.1, -0.05) is 19.4 Å². The number of hydrogen-bond donors (Lipinski definition) is 2. The first-order valence-electron chi connectivity index (χ1n) is 9.55. The van der Waals surface area contributed by atoms with Crippen LogP contribution in [-0.4, -0.2) is 53.0 Å². The highest BCUT2D eigenvalue weighted by molar-refractivity contribution is 14.0. The maximum atomic E-state index is 5.56. The lowest BCUT2D eigenvalue weighted by Gasteiger charge is -2.12. The van der Waals surface area contributed by atoms with Crippen LogP contribution >= 0.6 is 24.0 Å². The Hall–Kier alpha value is -1.22. The fraction of sp³-hybridized carbons (Fsp3) is 0.650. The molecule has 6 nitrogen and oxygen atoms in total. The van der Waals surface area contributed by atoms with E-state index in [1.54, 1.807) is 14.2 Å². The van der Waals surface area contributed by atoms with Crippen molar-refractivity contribution in [2.75, 3.05) is 47.1 Å². The van der Waals surface area contributed by atoms with E-state index in [2.05, 4.69) is 35.5 Å². The summed E-state index contributed by atoms with van der Waals surface area (Å²) in [5, 5.41) is 6.65. The van der Waals surface area contributed by atoms with Crippen molar-refractivity contribution in [1.82, 2.24) is 10.6 Å². The van der Waals surface area contributed by atoms with E-state index in [1.807, 2.05) is 12.1 Å². The molecular formula is C20H36IN3O3. The summed E-state index contributed by atoms with van der Waals surface area (Å²) in [4.78, 5) is 4.59. The molecule has 0 radical (unpaired) electrons. The van der Waals surface area contributed by atoms with Crippen molar-refractivity contribution in [3.05, 3.63) is 23.8 Å². The van der Waals surface area contributed by atoms with Gasteiger partial charge in [0.25, 0.3) is 0 Å². The highest BCUT2D eigenvalue weighted by Crippen LogP contribution is 2.27. The lowest BCUT2D eigenvalue weighted by molar-refractivity contribution is 0.130. The summed E-state index contributed by atoms with van der Waals surface area (Å²) in [6.07, 6.45) is 4.12. The average Bonchev–Trinajstić information content (AvgIpc) is 2.67. The van der Waals surface area contributed by atoms with Crippen molar-refractivity contribution in [3.63, 3.8) is 0 Å². The number of benzene rings is 1. The van der Waals surface area contributed by atoms with Crippen LogP contribution in [0.1, 0.15) is 38.7 Å². The molecule has 2 N–H and O–H groups in total. The van der Waals surface area contributed by atoms with E-state index in [1.165, 1.54) is 12.0 Å². The summed E-state index contributed by atoms with van der Waals surface area (Å²) in [6.45, 7) is 8.27. The van der Waals surface area contributed by atoms with Crippen LogP contribution in [0.5, 0.6) is 11.5 Å². The van der Waals surface area contributed by atoms with Crippen molar-refractivity contribution in [2.24, 2.45) is 4.99 Å². The first-order valence-corrected chi connectivity index (χ1v) is 9.55. The van der Waals surface area contributed by atoms with E-state index >= 15 is 0 Å². The third-order valence-corrected chi connectivity index (χ3v) is 3.86. The molecule has 0 bridgehead atoms. The van der Waals surface area contributed by atoms with E-state index in [0.717, 1.165) is 69.6 Å². The number of halogens is 1. The topological polar surface area (TPSA) is 64.1 Å². The van der Waals surface area contributed by atoms with Crippen molar-refractivity contribution < 1.29 is 14.2 Å². The molecule has 0 saturated heterocycles. The first-order chi connectivity index (χ1) is 12.7. The van der Waals surface area contributed by atoms with Crippen LogP contribution in [0.4, 0.5) is 0 Å². The fourth-order valence-electron chi connectivity index (χ4n) is 2.41. The Morgan fingerprint density at radius 3 is 2.41 bits per heavy atom. The molecule has 0 unspecified atom stereocenters. The maximum absolute atomic E-state index is 5.56. The minimum absolute atomic E-state index is 0. The molecule has 27 heavy (non-hydrogen) atoms. The van der Waals surface area contributed by atoms with Gasteiger partial charge in [0.1, 0.15) is 0 Å². The number of unbranched alkanes of at least 4 members (excludes halogenated alkanes) is 1. The molecule has 0 heterocycles. The number of aliphatic imine (C=N–C) groups is 1. The van der Waals surface area contributed by atoms with Gasteiger partial charge in [0.05, 0.1) is 14.2 Å². The van der Waals surface area contributed by atoms with Crippen LogP contribution in [0.25, 0.3) is 0 Å². The van der Waals surface area contributed by atoms with Gasteiger partial charge in [0.15, 0.2) is 17.5 Å². The van der Waals surface area contributed by atoms with E-state index in [0.29, 0.717) is 0 Å². The van der Waals surface area contributed by atoms with Crippen LogP contribution < -0.4 is 20.1 Å². The largest absolute Gasteiger partial charge is 0.493 e. The monoisotopic (exact) mass is 493 g/mol. The molecule has 0 aliphatic rings. The standard InChI is InChI=1S/C20H35N3O3.HI/c1-5-7-14-26-15-8-12-22-20(21-6-2)23-13-11-17-9-10-18(24-3)19(16-17)25-4;/h9-10,16H,5-8,11-15H2,1-4H3,(H2,21,22,23);1H. The Labute approximate surface area is 181 Å². The van der Waals surface area contributed by atoms with Crippen LogP contribution in [0, 0.1) is 0 Å². The molecular weight excluding hydrogens is 457 g/mol. The quantitative estimate of drug-likeness (QED) is 0.190. The van der Waals surface area contributed by atoms with Gasteiger partial charge in [-0.2, -0.15) is 0 Å². The Bertz CT molecular complexity index is 527. The molecule has 0 saturated carbocycles. The van der Waals surface area contributed by atoms with Crippen molar-refractivity contribution in [3.8, 4) is 11.5 Å². The number of rotatable bonds is 13. The van der Waals surface area contributed by atoms with E-state index in [9.17, 15) is 0 Å². The molecule has 0 atom stereocenters. The van der Waals surface area contributed by atoms with Crippen LogP contribution in [0.15, 0.2) is 23.2 Å². The lowest BCUT2D eigenvalue weighted by atomic mass is 10.1. The summed E-state index contributed by atoms with van der Waals surface area (Å²) in [7, 11) is 3.30. The van der Waals surface area contributed by atoms with E-state index < -0.39 is 0 Å². The van der Waals surface area contributed by atoms with Crippen LogP contribution in [-0.2, 0) is 11.2 Å². The maximum Gasteiger partial charge on any atom is 0.191 e. The highest BCUT2D eigenvalue weighted by atomic mass is 127. The number of methoxy groups -OCH3 is 2. The number of nitrogens with zero attached hydrogens (tertiary/aromatic N) is 1.